The number of nitrogens with zero attached hydrogens (tertiary/aromatic N) is 3. The zero-order valence-electron chi connectivity index (χ0n) is 16.2. The van der Waals surface area contributed by atoms with Crippen LogP contribution in [0.3, 0.4) is 0 Å². The van der Waals surface area contributed by atoms with Crippen LogP contribution in [0.2, 0.25) is 5.02 Å². The lowest BCUT2D eigenvalue weighted by Crippen LogP contribution is -2.06. The third-order valence-corrected chi connectivity index (χ3v) is 5.76. The van der Waals surface area contributed by atoms with Crippen LogP contribution in [0.5, 0.6) is 5.75 Å². The number of methoxy groups -OCH3 is 1. The van der Waals surface area contributed by atoms with Crippen LogP contribution in [0.1, 0.15) is 10.4 Å². The first-order valence-electron chi connectivity index (χ1n) is 9.24. The molecule has 0 unspecified atom stereocenters. The van der Waals surface area contributed by atoms with Gasteiger partial charge in [0.05, 0.1) is 23.4 Å². The van der Waals surface area contributed by atoms with Crippen molar-refractivity contribution in [1.82, 2.24) is 14.8 Å². The van der Waals surface area contributed by atoms with Gasteiger partial charge in [0.1, 0.15) is 5.75 Å². The molecule has 0 amide bonds. The Hall–Kier alpha value is -3.09. The molecule has 0 bridgehead atoms. The molecule has 4 rings (SSSR count). The quantitative estimate of drug-likeness (QED) is 0.280. The molecule has 0 aliphatic rings. The van der Waals surface area contributed by atoms with Crippen LogP contribution in [0.4, 0.5) is 0 Å². The maximum Gasteiger partial charge on any atom is 0.196 e. The molecule has 7 heteroatoms. The molecule has 0 radical (unpaired) electrons. The van der Waals surface area contributed by atoms with Gasteiger partial charge in [-0.25, -0.2) is 0 Å². The average molecular weight is 436 g/mol. The maximum absolute atomic E-state index is 12.8. The number of benzene rings is 3. The smallest absolute Gasteiger partial charge is 0.196 e. The molecule has 5 nitrogen and oxygen atoms in total. The number of aromatic nitrogens is 3. The van der Waals surface area contributed by atoms with Gasteiger partial charge >= 0.3 is 0 Å². The summed E-state index contributed by atoms with van der Waals surface area (Å²) < 4.78 is 7.23. The van der Waals surface area contributed by atoms with E-state index in [0.717, 1.165) is 11.3 Å². The molecule has 0 spiro atoms. The molecule has 1 aromatic heterocycles. The number of carbonyl (C=O) groups is 1. The molecule has 4 aromatic rings. The van der Waals surface area contributed by atoms with Gasteiger partial charge < -0.3 is 4.74 Å². The molecule has 0 atom stereocenters. The molecular weight excluding hydrogens is 418 g/mol. The van der Waals surface area contributed by atoms with E-state index in [-0.39, 0.29) is 11.5 Å². The van der Waals surface area contributed by atoms with Crippen molar-refractivity contribution in [3.05, 3.63) is 89.4 Å². The summed E-state index contributed by atoms with van der Waals surface area (Å²) in [7, 11) is 1.56. The van der Waals surface area contributed by atoms with Crippen molar-refractivity contribution < 1.29 is 9.53 Å². The van der Waals surface area contributed by atoms with Crippen LogP contribution in [0.25, 0.3) is 17.1 Å². The third kappa shape index (κ3) is 4.10. The average Bonchev–Trinajstić information content (AvgIpc) is 3.22. The fourth-order valence-electron chi connectivity index (χ4n) is 3.07. The minimum Gasteiger partial charge on any atom is -0.496 e. The summed E-state index contributed by atoms with van der Waals surface area (Å²) in [5.74, 6) is 1.34. The Morgan fingerprint density at radius 3 is 2.43 bits per heavy atom. The molecule has 0 aliphatic heterocycles. The molecule has 0 N–H and O–H groups in total. The van der Waals surface area contributed by atoms with Crippen molar-refractivity contribution in [2.75, 3.05) is 12.9 Å². The van der Waals surface area contributed by atoms with Crippen LogP contribution in [-0.4, -0.2) is 33.4 Å². The summed E-state index contributed by atoms with van der Waals surface area (Å²) >= 11 is 7.74. The van der Waals surface area contributed by atoms with E-state index in [4.69, 9.17) is 16.3 Å². The van der Waals surface area contributed by atoms with E-state index in [1.54, 1.807) is 19.2 Å². The zero-order valence-corrected chi connectivity index (χ0v) is 17.7. The van der Waals surface area contributed by atoms with Gasteiger partial charge in [-0.2, -0.15) is 0 Å². The number of thioether (sulfide) groups is 1. The Bertz CT molecular complexity index is 1180. The number of hydrogen-bond donors (Lipinski definition) is 0. The highest BCUT2D eigenvalue weighted by atomic mass is 35.5. The maximum atomic E-state index is 12.8. The van der Waals surface area contributed by atoms with Gasteiger partial charge in [-0.1, -0.05) is 65.8 Å². The van der Waals surface area contributed by atoms with Crippen molar-refractivity contribution in [1.29, 1.82) is 0 Å². The van der Waals surface area contributed by atoms with Crippen molar-refractivity contribution in [2.24, 2.45) is 0 Å². The summed E-state index contributed by atoms with van der Waals surface area (Å²) in [6, 6.07) is 24.5. The van der Waals surface area contributed by atoms with Gasteiger partial charge in [0.25, 0.3) is 0 Å². The second-order valence-electron chi connectivity index (χ2n) is 6.37. The topological polar surface area (TPSA) is 57.0 Å². The first-order valence-corrected chi connectivity index (χ1v) is 10.6. The summed E-state index contributed by atoms with van der Waals surface area (Å²) in [5.41, 5.74) is 2.22. The summed E-state index contributed by atoms with van der Waals surface area (Å²) in [5, 5.41) is 9.93. The number of rotatable bonds is 7. The van der Waals surface area contributed by atoms with Gasteiger partial charge in [0.2, 0.25) is 0 Å². The van der Waals surface area contributed by atoms with Gasteiger partial charge in [0, 0.05) is 11.3 Å². The molecule has 1 heterocycles. The van der Waals surface area contributed by atoms with Crippen molar-refractivity contribution >= 4 is 29.1 Å². The zero-order chi connectivity index (χ0) is 20.9. The van der Waals surface area contributed by atoms with Crippen LogP contribution >= 0.6 is 23.4 Å². The predicted molar refractivity (Wildman–Crippen MR) is 120 cm³/mol. The monoisotopic (exact) mass is 435 g/mol. The summed E-state index contributed by atoms with van der Waals surface area (Å²) in [4.78, 5) is 12.8. The Kier molecular flexibility index (Phi) is 6.16. The van der Waals surface area contributed by atoms with Crippen molar-refractivity contribution in [3.8, 4) is 22.8 Å². The molecule has 150 valence electrons. The van der Waals surface area contributed by atoms with Gasteiger partial charge in [-0.3, -0.25) is 9.36 Å². The minimum atomic E-state index is -0.0423. The molecule has 0 fully saturated rings. The van der Waals surface area contributed by atoms with E-state index in [0.29, 0.717) is 27.3 Å². The molecule has 3 aromatic carbocycles. The van der Waals surface area contributed by atoms with E-state index in [1.165, 1.54) is 11.8 Å². The van der Waals surface area contributed by atoms with E-state index >= 15 is 0 Å². The normalized spacial score (nSPS) is 10.7. The Morgan fingerprint density at radius 1 is 0.967 bits per heavy atom. The SMILES string of the molecule is COc1ccccc1C(=O)CSc1nnc(-c2ccccc2Cl)n1-c1ccccc1. The lowest BCUT2D eigenvalue weighted by Gasteiger charge is -2.11. The van der Waals surface area contributed by atoms with Crippen molar-refractivity contribution in [3.63, 3.8) is 0 Å². The molecule has 0 saturated carbocycles. The first-order chi connectivity index (χ1) is 14.7. The van der Waals surface area contributed by atoms with Crippen LogP contribution in [0.15, 0.2) is 84.0 Å². The second-order valence-corrected chi connectivity index (χ2v) is 7.72. The largest absolute Gasteiger partial charge is 0.496 e. The number of para-hydroxylation sites is 2. The predicted octanol–water partition coefficient (Wildman–Crippen LogP) is 5.57. The van der Waals surface area contributed by atoms with E-state index in [1.807, 2.05) is 71.3 Å². The number of ketones is 1. The van der Waals surface area contributed by atoms with E-state index < -0.39 is 0 Å². The highest BCUT2D eigenvalue weighted by Crippen LogP contribution is 2.32. The van der Waals surface area contributed by atoms with Gasteiger partial charge in [-0.05, 0) is 36.4 Å². The Morgan fingerprint density at radius 2 is 1.67 bits per heavy atom. The minimum absolute atomic E-state index is 0.0423. The van der Waals surface area contributed by atoms with E-state index in [2.05, 4.69) is 10.2 Å². The number of ether oxygens (including phenoxy) is 1. The number of Topliss-reactive ketones (excluding diaryl/α,β-unsaturated/α-hetero) is 1. The molecule has 30 heavy (non-hydrogen) atoms. The first kappa shape index (κ1) is 20.2. The fraction of sp³-hybridized carbons (Fsp3) is 0.0870. The van der Waals surface area contributed by atoms with Crippen LogP contribution < -0.4 is 4.74 Å². The number of halogens is 1. The number of hydrogen-bond acceptors (Lipinski definition) is 5. The van der Waals surface area contributed by atoms with Gasteiger partial charge in [-0.15, -0.1) is 10.2 Å². The Labute approximate surface area is 183 Å². The third-order valence-electron chi connectivity index (χ3n) is 4.50. The summed E-state index contributed by atoms with van der Waals surface area (Å²) in [6.07, 6.45) is 0. The number of carbonyl (C=O) groups excluding carboxylic acids is 1. The molecule has 0 saturated heterocycles. The second kappa shape index (κ2) is 9.15. The standard InChI is InChI=1S/C23H18ClN3O2S/c1-29-21-14-8-6-12-18(21)20(28)15-30-23-26-25-22(17-11-5-7-13-19(17)24)27(23)16-9-3-2-4-10-16/h2-14H,15H2,1H3. The van der Waals surface area contributed by atoms with Crippen molar-refractivity contribution in [2.45, 2.75) is 5.16 Å². The molecular formula is C23H18ClN3O2S. The van der Waals surface area contributed by atoms with Gasteiger partial charge in [0.15, 0.2) is 16.8 Å². The lowest BCUT2D eigenvalue weighted by molar-refractivity contribution is 0.101. The summed E-state index contributed by atoms with van der Waals surface area (Å²) in [6.45, 7) is 0. The van der Waals surface area contributed by atoms with Crippen LogP contribution in [-0.2, 0) is 0 Å². The highest BCUT2D eigenvalue weighted by molar-refractivity contribution is 7.99. The lowest BCUT2D eigenvalue weighted by atomic mass is 10.1. The Balaban J connectivity index is 1.69. The van der Waals surface area contributed by atoms with Crippen LogP contribution in [0, 0.1) is 0 Å². The fourth-order valence-corrected chi connectivity index (χ4v) is 4.13. The van der Waals surface area contributed by atoms with E-state index in [9.17, 15) is 4.79 Å². The highest BCUT2D eigenvalue weighted by Gasteiger charge is 2.20. The molecule has 0 aliphatic carbocycles.